The number of thioether (sulfide) groups is 1. The molecule has 2 atom stereocenters. The summed E-state index contributed by atoms with van der Waals surface area (Å²) >= 11 is 1.11. The number of rotatable bonds is 6. The lowest BCUT2D eigenvalue weighted by Gasteiger charge is -2.36. The first-order chi connectivity index (χ1) is 14.7. The molecule has 1 aliphatic heterocycles. The zero-order valence-corrected chi connectivity index (χ0v) is 19.0. The Morgan fingerprint density at radius 1 is 1.10 bits per heavy atom. The molecular formula is C24H30N2O4S. The standard InChI is InChI=1S/C24H30N2O4S/c1-24(2,3)18-9-12-20(13-10-18)31-22(27)21-14-11-19(15-26(21)23(28)29)25-30-16-17-7-5-4-6-8-17/h4-10,12-13,19,21,25H,11,14-16H2,1-3H3,(H,28,29)/t19-,21+/m1/s1. The number of nitrogens with one attached hydrogen (secondary N) is 1. The fraction of sp³-hybridized carbons (Fsp3) is 0.417. The van der Waals surface area contributed by atoms with Crippen molar-refractivity contribution in [1.29, 1.82) is 0 Å². The smallest absolute Gasteiger partial charge is 0.407 e. The van der Waals surface area contributed by atoms with Gasteiger partial charge in [-0.15, -0.1) is 0 Å². The van der Waals surface area contributed by atoms with Crippen LogP contribution in [0.2, 0.25) is 0 Å². The van der Waals surface area contributed by atoms with Crippen LogP contribution in [0.3, 0.4) is 0 Å². The molecule has 166 valence electrons. The van der Waals surface area contributed by atoms with Gasteiger partial charge < -0.3 is 5.11 Å². The largest absolute Gasteiger partial charge is 0.465 e. The van der Waals surface area contributed by atoms with Crippen molar-refractivity contribution < 1.29 is 19.5 Å². The van der Waals surface area contributed by atoms with Crippen LogP contribution < -0.4 is 5.48 Å². The Kier molecular flexibility index (Phi) is 7.75. The molecule has 0 spiro atoms. The van der Waals surface area contributed by atoms with Crippen molar-refractivity contribution in [2.24, 2.45) is 0 Å². The Morgan fingerprint density at radius 3 is 2.39 bits per heavy atom. The third-order valence-corrected chi connectivity index (χ3v) is 6.35. The molecule has 3 rings (SSSR count). The summed E-state index contributed by atoms with van der Waals surface area (Å²) in [5, 5.41) is 9.52. The van der Waals surface area contributed by atoms with Crippen LogP contribution in [0.4, 0.5) is 4.79 Å². The minimum Gasteiger partial charge on any atom is -0.465 e. The van der Waals surface area contributed by atoms with E-state index in [4.69, 9.17) is 4.84 Å². The molecule has 0 saturated carbocycles. The van der Waals surface area contributed by atoms with Crippen molar-refractivity contribution in [2.75, 3.05) is 6.54 Å². The molecule has 0 bridgehead atoms. The van der Waals surface area contributed by atoms with Gasteiger partial charge in [-0.05, 0) is 53.3 Å². The number of benzene rings is 2. The van der Waals surface area contributed by atoms with Crippen LogP contribution in [0.25, 0.3) is 0 Å². The van der Waals surface area contributed by atoms with Gasteiger partial charge in [0.1, 0.15) is 6.04 Å². The zero-order chi connectivity index (χ0) is 22.4. The molecule has 0 unspecified atom stereocenters. The van der Waals surface area contributed by atoms with E-state index < -0.39 is 12.1 Å². The highest BCUT2D eigenvalue weighted by molar-refractivity contribution is 8.13. The summed E-state index contributed by atoms with van der Waals surface area (Å²) in [7, 11) is 0. The summed E-state index contributed by atoms with van der Waals surface area (Å²) in [5.41, 5.74) is 5.23. The molecule has 2 aromatic carbocycles. The number of nitrogens with zero attached hydrogens (tertiary/aromatic N) is 1. The fourth-order valence-corrected chi connectivity index (χ4v) is 4.43. The topological polar surface area (TPSA) is 78.9 Å². The SMILES string of the molecule is CC(C)(C)c1ccc(SC(=O)[C@@H]2CC[C@@H](NOCc3ccccc3)CN2C(=O)O)cc1. The highest BCUT2D eigenvalue weighted by Crippen LogP contribution is 2.29. The minimum absolute atomic E-state index is 0.0429. The monoisotopic (exact) mass is 442 g/mol. The molecule has 1 saturated heterocycles. The van der Waals surface area contributed by atoms with E-state index in [9.17, 15) is 14.7 Å². The van der Waals surface area contributed by atoms with Gasteiger partial charge in [-0.3, -0.25) is 14.5 Å². The number of hydrogen-bond donors (Lipinski definition) is 2. The van der Waals surface area contributed by atoms with E-state index in [0.717, 1.165) is 22.2 Å². The van der Waals surface area contributed by atoms with Gasteiger partial charge in [-0.2, -0.15) is 5.48 Å². The van der Waals surface area contributed by atoms with E-state index >= 15 is 0 Å². The Hall–Kier alpha value is -2.35. The van der Waals surface area contributed by atoms with Crippen molar-refractivity contribution in [3.05, 3.63) is 65.7 Å². The molecule has 0 aromatic heterocycles. The molecule has 1 aliphatic rings. The lowest BCUT2D eigenvalue weighted by molar-refractivity contribution is -0.117. The number of hydrogen-bond acceptors (Lipinski definition) is 5. The summed E-state index contributed by atoms with van der Waals surface area (Å²) in [6.45, 7) is 7.03. The summed E-state index contributed by atoms with van der Waals surface area (Å²) < 4.78 is 0. The number of carboxylic acid groups (broad SMARTS) is 1. The predicted octanol–water partition coefficient (Wildman–Crippen LogP) is 4.84. The van der Waals surface area contributed by atoms with Crippen molar-refractivity contribution in [1.82, 2.24) is 10.4 Å². The first-order valence-corrected chi connectivity index (χ1v) is 11.3. The Morgan fingerprint density at radius 2 is 1.77 bits per heavy atom. The van der Waals surface area contributed by atoms with Crippen molar-refractivity contribution >= 4 is 23.0 Å². The van der Waals surface area contributed by atoms with Gasteiger partial charge in [0.15, 0.2) is 0 Å². The average molecular weight is 443 g/mol. The van der Waals surface area contributed by atoms with Crippen LogP contribution in [-0.2, 0) is 21.7 Å². The first kappa shape index (κ1) is 23.3. The molecule has 1 fully saturated rings. The molecule has 2 N–H and O–H groups in total. The van der Waals surface area contributed by atoms with Gasteiger partial charge in [-0.1, -0.05) is 63.2 Å². The van der Waals surface area contributed by atoms with Gasteiger partial charge in [0, 0.05) is 11.4 Å². The summed E-state index contributed by atoms with van der Waals surface area (Å²) in [5.74, 6) is 0. The van der Waals surface area contributed by atoms with Crippen LogP contribution in [-0.4, -0.2) is 39.8 Å². The molecule has 6 nitrogen and oxygen atoms in total. The third kappa shape index (κ3) is 6.56. The van der Waals surface area contributed by atoms with Crippen molar-refractivity contribution in [3.8, 4) is 0 Å². The maximum atomic E-state index is 12.9. The Balaban J connectivity index is 1.55. The Bertz CT molecular complexity index is 881. The van der Waals surface area contributed by atoms with Crippen LogP contribution in [0, 0.1) is 0 Å². The lowest BCUT2D eigenvalue weighted by atomic mass is 9.87. The number of carbonyl (C=O) groups is 2. The molecule has 2 aromatic rings. The second-order valence-electron chi connectivity index (χ2n) is 8.81. The molecule has 31 heavy (non-hydrogen) atoms. The van der Waals surface area contributed by atoms with Gasteiger partial charge in [-0.25, -0.2) is 4.79 Å². The number of carbonyl (C=O) groups excluding carboxylic acids is 1. The van der Waals surface area contributed by atoms with E-state index in [-0.39, 0.29) is 23.1 Å². The second kappa shape index (κ2) is 10.3. The fourth-order valence-electron chi connectivity index (χ4n) is 3.55. The normalized spacial score (nSPS) is 19.3. The molecule has 1 amide bonds. The van der Waals surface area contributed by atoms with E-state index in [1.165, 1.54) is 10.5 Å². The van der Waals surface area contributed by atoms with Crippen molar-refractivity contribution in [3.63, 3.8) is 0 Å². The van der Waals surface area contributed by atoms with E-state index in [0.29, 0.717) is 19.4 Å². The van der Waals surface area contributed by atoms with Crippen LogP contribution in [0.5, 0.6) is 0 Å². The first-order valence-electron chi connectivity index (χ1n) is 10.5. The number of likely N-dealkylation sites (tertiary alicyclic amines) is 1. The maximum Gasteiger partial charge on any atom is 0.407 e. The summed E-state index contributed by atoms with van der Waals surface area (Å²) in [6, 6.07) is 16.8. The van der Waals surface area contributed by atoms with Crippen molar-refractivity contribution in [2.45, 2.75) is 62.6 Å². The molecular weight excluding hydrogens is 412 g/mol. The van der Waals surface area contributed by atoms with Gasteiger partial charge >= 0.3 is 6.09 Å². The van der Waals surface area contributed by atoms with Gasteiger partial charge in [0.25, 0.3) is 0 Å². The van der Waals surface area contributed by atoms with Crippen LogP contribution in [0.15, 0.2) is 59.5 Å². The molecule has 7 heteroatoms. The van der Waals surface area contributed by atoms with E-state index in [1.54, 1.807) is 0 Å². The van der Waals surface area contributed by atoms with Gasteiger partial charge in [0.05, 0.1) is 12.6 Å². The molecule has 1 heterocycles. The Labute approximate surface area is 187 Å². The average Bonchev–Trinajstić information content (AvgIpc) is 2.74. The van der Waals surface area contributed by atoms with Crippen LogP contribution >= 0.6 is 11.8 Å². The summed E-state index contributed by atoms with van der Waals surface area (Å²) in [4.78, 5) is 32.3. The highest BCUT2D eigenvalue weighted by atomic mass is 32.2. The predicted molar refractivity (Wildman–Crippen MR) is 122 cm³/mol. The minimum atomic E-state index is -1.09. The third-order valence-electron chi connectivity index (χ3n) is 5.37. The van der Waals surface area contributed by atoms with E-state index in [1.807, 2.05) is 54.6 Å². The summed E-state index contributed by atoms with van der Waals surface area (Å²) in [6.07, 6.45) is 0.0416. The number of amides is 1. The maximum absolute atomic E-state index is 12.9. The quantitative estimate of drug-likeness (QED) is 0.493. The highest BCUT2D eigenvalue weighted by Gasteiger charge is 2.36. The van der Waals surface area contributed by atoms with E-state index in [2.05, 4.69) is 26.3 Å². The molecule has 0 radical (unpaired) electrons. The lowest BCUT2D eigenvalue weighted by Crippen LogP contribution is -2.54. The zero-order valence-electron chi connectivity index (χ0n) is 18.2. The second-order valence-corrected chi connectivity index (χ2v) is 9.89. The van der Waals surface area contributed by atoms with Gasteiger partial charge in [0.2, 0.25) is 5.12 Å². The molecule has 0 aliphatic carbocycles. The number of piperidine rings is 1. The van der Waals surface area contributed by atoms with Crippen LogP contribution in [0.1, 0.15) is 44.7 Å². The number of hydroxylamine groups is 1.